The van der Waals surface area contributed by atoms with Gasteiger partial charge in [0.1, 0.15) is 16.0 Å². The molecule has 1 aromatic rings. The lowest BCUT2D eigenvalue weighted by atomic mass is 10.3. The summed E-state index contributed by atoms with van der Waals surface area (Å²) < 4.78 is 0. The number of aromatic nitrogens is 2. The highest BCUT2D eigenvalue weighted by Crippen LogP contribution is 2.20. The van der Waals surface area contributed by atoms with E-state index in [1.165, 1.54) is 0 Å². The molecule has 0 radical (unpaired) electrons. The van der Waals surface area contributed by atoms with Crippen LogP contribution >= 0.6 is 23.4 Å². The van der Waals surface area contributed by atoms with Crippen LogP contribution in [0.4, 0.5) is 0 Å². The molecule has 0 spiro atoms. The third kappa shape index (κ3) is 3.96. The van der Waals surface area contributed by atoms with Gasteiger partial charge < -0.3 is 0 Å². The lowest BCUT2D eigenvalue weighted by molar-refractivity contribution is 0.749. The van der Waals surface area contributed by atoms with Crippen LogP contribution in [0.3, 0.4) is 0 Å². The van der Waals surface area contributed by atoms with Crippen LogP contribution in [0.1, 0.15) is 19.7 Å². The van der Waals surface area contributed by atoms with Crippen LogP contribution in [0.5, 0.6) is 0 Å². The van der Waals surface area contributed by atoms with E-state index in [4.69, 9.17) is 11.6 Å². The molecule has 0 aliphatic heterocycles. The van der Waals surface area contributed by atoms with Crippen LogP contribution in [0.15, 0.2) is 11.1 Å². The molecule has 0 N–H and O–H groups in total. The van der Waals surface area contributed by atoms with Gasteiger partial charge in [-0.15, -0.1) is 11.8 Å². The fourth-order valence-corrected chi connectivity index (χ4v) is 2.02. The molecule has 13 heavy (non-hydrogen) atoms. The second kappa shape index (κ2) is 4.82. The number of thioether (sulfide) groups is 1. The summed E-state index contributed by atoms with van der Waals surface area (Å²) in [6.45, 7) is 6.22. The predicted octanol–water partition coefficient (Wildman–Crippen LogP) is 3.19. The number of hydrogen-bond donors (Lipinski definition) is 0. The van der Waals surface area contributed by atoms with Crippen molar-refractivity contribution in [1.82, 2.24) is 9.97 Å². The minimum Gasteiger partial charge on any atom is -0.227 e. The number of halogens is 1. The van der Waals surface area contributed by atoms with Gasteiger partial charge in [-0.3, -0.25) is 0 Å². The Kier molecular flexibility index (Phi) is 4.00. The van der Waals surface area contributed by atoms with Gasteiger partial charge in [-0.2, -0.15) is 0 Å². The Balaban J connectivity index is 2.66. The second-order valence-electron chi connectivity index (χ2n) is 3.28. The minimum absolute atomic E-state index is 0.527. The van der Waals surface area contributed by atoms with Gasteiger partial charge in [-0.1, -0.05) is 25.4 Å². The van der Waals surface area contributed by atoms with Crippen LogP contribution in [0, 0.1) is 12.8 Å². The average molecular weight is 217 g/mol. The number of nitrogens with zero attached hydrogens (tertiary/aromatic N) is 2. The lowest BCUT2D eigenvalue weighted by Gasteiger charge is -2.04. The van der Waals surface area contributed by atoms with E-state index in [-0.39, 0.29) is 0 Å². The Morgan fingerprint density at radius 1 is 1.46 bits per heavy atom. The first-order valence-electron chi connectivity index (χ1n) is 4.22. The average Bonchev–Trinajstić information content (AvgIpc) is 1.99. The fraction of sp³-hybridized carbons (Fsp3) is 0.556. The molecule has 0 fully saturated rings. The maximum absolute atomic E-state index is 5.80. The summed E-state index contributed by atoms with van der Waals surface area (Å²) in [5.41, 5.74) is 0. The molecule has 0 amide bonds. The van der Waals surface area contributed by atoms with Crippen molar-refractivity contribution in [1.29, 1.82) is 0 Å². The second-order valence-corrected chi connectivity index (χ2v) is 4.71. The molecule has 1 aromatic heterocycles. The van der Waals surface area contributed by atoms with Crippen LogP contribution in [-0.2, 0) is 0 Å². The van der Waals surface area contributed by atoms with E-state index in [1.54, 1.807) is 11.8 Å². The summed E-state index contributed by atoms with van der Waals surface area (Å²) in [5, 5.41) is 1.49. The first kappa shape index (κ1) is 10.8. The zero-order chi connectivity index (χ0) is 9.84. The largest absolute Gasteiger partial charge is 0.227 e. The summed E-state index contributed by atoms with van der Waals surface area (Å²) in [4.78, 5) is 8.28. The summed E-state index contributed by atoms with van der Waals surface area (Å²) in [6.07, 6.45) is 0. The molecule has 1 heterocycles. The monoisotopic (exact) mass is 216 g/mol. The maximum Gasteiger partial charge on any atom is 0.133 e. The van der Waals surface area contributed by atoms with Crippen molar-refractivity contribution in [2.24, 2.45) is 5.92 Å². The van der Waals surface area contributed by atoms with Crippen molar-refractivity contribution < 1.29 is 0 Å². The lowest BCUT2D eigenvalue weighted by Crippen LogP contribution is -1.94. The van der Waals surface area contributed by atoms with Crippen molar-refractivity contribution in [2.45, 2.75) is 25.8 Å². The molecule has 0 saturated carbocycles. The van der Waals surface area contributed by atoms with Gasteiger partial charge in [0.2, 0.25) is 0 Å². The van der Waals surface area contributed by atoms with Gasteiger partial charge >= 0.3 is 0 Å². The van der Waals surface area contributed by atoms with Crippen molar-refractivity contribution >= 4 is 23.4 Å². The molecule has 0 bridgehead atoms. The van der Waals surface area contributed by atoms with E-state index in [0.717, 1.165) is 16.6 Å². The molecule has 4 heteroatoms. The van der Waals surface area contributed by atoms with E-state index in [2.05, 4.69) is 23.8 Å². The van der Waals surface area contributed by atoms with Crippen molar-refractivity contribution in [3.05, 3.63) is 17.0 Å². The Bertz CT molecular complexity index is 269. The summed E-state index contributed by atoms with van der Waals surface area (Å²) >= 11 is 7.52. The summed E-state index contributed by atoms with van der Waals surface area (Å²) in [7, 11) is 0. The number of rotatable bonds is 3. The smallest absolute Gasteiger partial charge is 0.133 e. The first-order valence-corrected chi connectivity index (χ1v) is 5.58. The molecule has 0 aliphatic carbocycles. The van der Waals surface area contributed by atoms with Gasteiger partial charge in [0.15, 0.2) is 0 Å². The molecule has 0 aromatic carbocycles. The first-order chi connectivity index (χ1) is 6.08. The summed E-state index contributed by atoms with van der Waals surface area (Å²) in [5.74, 6) is 2.46. The van der Waals surface area contributed by atoms with E-state index in [0.29, 0.717) is 11.1 Å². The highest BCUT2D eigenvalue weighted by molar-refractivity contribution is 7.99. The highest BCUT2D eigenvalue weighted by Gasteiger charge is 2.01. The van der Waals surface area contributed by atoms with Crippen LogP contribution in [0.2, 0.25) is 5.15 Å². The quantitative estimate of drug-likeness (QED) is 0.573. The minimum atomic E-state index is 0.527. The van der Waals surface area contributed by atoms with Crippen molar-refractivity contribution in [2.75, 3.05) is 5.75 Å². The molecule has 1 rings (SSSR count). The zero-order valence-electron chi connectivity index (χ0n) is 8.04. The SMILES string of the molecule is Cc1nc(Cl)cc(SCC(C)C)n1. The molecule has 72 valence electrons. The summed E-state index contributed by atoms with van der Waals surface area (Å²) in [6, 6.07) is 1.81. The van der Waals surface area contributed by atoms with Crippen molar-refractivity contribution in [3.8, 4) is 0 Å². The normalized spacial score (nSPS) is 10.8. The Morgan fingerprint density at radius 3 is 2.69 bits per heavy atom. The molecular weight excluding hydrogens is 204 g/mol. The maximum atomic E-state index is 5.80. The van der Waals surface area contributed by atoms with Gasteiger partial charge in [-0.25, -0.2) is 9.97 Å². The highest BCUT2D eigenvalue weighted by atomic mass is 35.5. The van der Waals surface area contributed by atoms with E-state index in [1.807, 2.05) is 13.0 Å². The van der Waals surface area contributed by atoms with Crippen LogP contribution in [-0.4, -0.2) is 15.7 Å². The molecule has 0 saturated heterocycles. The van der Waals surface area contributed by atoms with E-state index in [9.17, 15) is 0 Å². The Labute approximate surface area is 88.1 Å². The van der Waals surface area contributed by atoms with Gasteiger partial charge in [0.05, 0.1) is 0 Å². The Morgan fingerprint density at radius 2 is 2.15 bits per heavy atom. The zero-order valence-corrected chi connectivity index (χ0v) is 9.61. The van der Waals surface area contributed by atoms with Crippen LogP contribution < -0.4 is 0 Å². The molecular formula is C9H13ClN2S. The fourth-order valence-electron chi connectivity index (χ4n) is 0.831. The number of aryl methyl sites for hydroxylation is 1. The molecule has 0 aliphatic rings. The molecule has 2 nitrogen and oxygen atoms in total. The third-order valence-electron chi connectivity index (χ3n) is 1.35. The van der Waals surface area contributed by atoms with Gasteiger partial charge in [0.25, 0.3) is 0 Å². The molecule has 0 unspecified atom stereocenters. The third-order valence-corrected chi connectivity index (χ3v) is 2.88. The standard InChI is InChI=1S/C9H13ClN2S/c1-6(2)5-13-9-4-8(10)11-7(3)12-9/h4,6H,5H2,1-3H3. The van der Waals surface area contributed by atoms with E-state index < -0.39 is 0 Å². The van der Waals surface area contributed by atoms with E-state index >= 15 is 0 Å². The van der Waals surface area contributed by atoms with Crippen LogP contribution in [0.25, 0.3) is 0 Å². The predicted molar refractivity (Wildman–Crippen MR) is 57.3 cm³/mol. The Hall–Kier alpha value is -0.280. The molecule has 0 atom stereocenters. The number of hydrogen-bond acceptors (Lipinski definition) is 3. The topological polar surface area (TPSA) is 25.8 Å². The van der Waals surface area contributed by atoms with Crippen molar-refractivity contribution in [3.63, 3.8) is 0 Å². The van der Waals surface area contributed by atoms with Gasteiger partial charge in [-0.05, 0) is 12.8 Å². The van der Waals surface area contributed by atoms with Gasteiger partial charge in [0, 0.05) is 11.8 Å².